The maximum absolute atomic E-state index is 13.3. The van der Waals surface area contributed by atoms with Crippen molar-refractivity contribution in [2.45, 2.75) is 62.0 Å². The standard InChI is InChI=1S/C22H28N2O3S3/c1-22(2,3)17-13-28-19(23-17)14-9-11-24(12-10-14)20(25)18-15-7-5-6-8-16(15)21(29-18)30(4,26)27/h6,8,13-14H,5,7,9-12H2,1-4H3. The number of piperidine rings is 1. The van der Waals surface area contributed by atoms with Crippen LogP contribution in [-0.2, 0) is 21.7 Å². The lowest BCUT2D eigenvalue weighted by Crippen LogP contribution is -2.38. The maximum Gasteiger partial charge on any atom is 0.264 e. The van der Waals surface area contributed by atoms with Gasteiger partial charge in [-0.2, -0.15) is 0 Å². The van der Waals surface area contributed by atoms with E-state index in [0.29, 0.717) is 28.1 Å². The second-order valence-electron chi connectivity index (χ2n) is 9.21. The number of likely N-dealkylation sites (tertiary alicyclic amines) is 1. The zero-order valence-electron chi connectivity index (χ0n) is 17.9. The first-order valence-corrected chi connectivity index (χ1v) is 13.9. The highest BCUT2D eigenvalue weighted by Crippen LogP contribution is 2.39. The minimum Gasteiger partial charge on any atom is -0.338 e. The van der Waals surface area contributed by atoms with E-state index in [0.717, 1.165) is 53.8 Å². The fraction of sp³-hybridized carbons (Fsp3) is 0.545. The quantitative estimate of drug-likeness (QED) is 0.649. The van der Waals surface area contributed by atoms with Gasteiger partial charge in [0.2, 0.25) is 0 Å². The number of amides is 1. The van der Waals surface area contributed by atoms with Gasteiger partial charge in [0.1, 0.15) is 4.21 Å². The smallest absolute Gasteiger partial charge is 0.264 e. The first kappa shape index (κ1) is 21.7. The van der Waals surface area contributed by atoms with Crippen molar-refractivity contribution < 1.29 is 13.2 Å². The fourth-order valence-electron chi connectivity index (χ4n) is 4.04. The number of rotatable bonds is 3. The van der Waals surface area contributed by atoms with Crippen LogP contribution in [0.4, 0.5) is 0 Å². The lowest BCUT2D eigenvalue weighted by atomic mass is 9.93. The zero-order chi connectivity index (χ0) is 21.7. The number of aromatic nitrogens is 1. The van der Waals surface area contributed by atoms with Crippen LogP contribution in [0.3, 0.4) is 0 Å². The topological polar surface area (TPSA) is 67.3 Å². The third kappa shape index (κ3) is 4.14. The summed E-state index contributed by atoms with van der Waals surface area (Å²) in [6, 6.07) is 0. The molecule has 2 aliphatic rings. The molecule has 30 heavy (non-hydrogen) atoms. The van der Waals surface area contributed by atoms with Crippen LogP contribution in [0.1, 0.15) is 77.5 Å². The number of fused-ring (bicyclic) bond motifs is 1. The number of carbonyl (C=O) groups is 1. The highest BCUT2D eigenvalue weighted by Gasteiger charge is 2.32. The van der Waals surface area contributed by atoms with E-state index in [1.54, 1.807) is 11.3 Å². The summed E-state index contributed by atoms with van der Waals surface area (Å²) in [7, 11) is -3.35. The molecule has 2 aromatic rings. The van der Waals surface area contributed by atoms with E-state index in [2.05, 4.69) is 26.2 Å². The normalized spacial score (nSPS) is 17.9. The third-order valence-electron chi connectivity index (χ3n) is 5.81. The number of carbonyl (C=O) groups excluding carboxylic acids is 1. The van der Waals surface area contributed by atoms with E-state index < -0.39 is 9.84 Å². The molecule has 162 valence electrons. The van der Waals surface area contributed by atoms with Gasteiger partial charge in [-0.15, -0.1) is 22.7 Å². The number of nitrogens with zero attached hydrogens (tertiary/aromatic N) is 2. The first-order chi connectivity index (χ1) is 14.1. The molecule has 0 saturated carbocycles. The van der Waals surface area contributed by atoms with E-state index >= 15 is 0 Å². The molecule has 0 aromatic carbocycles. The Kier molecular flexibility index (Phi) is 5.70. The molecular weight excluding hydrogens is 436 g/mol. The summed E-state index contributed by atoms with van der Waals surface area (Å²) >= 11 is 2.87. The van der Waals surface area contributed by atoms with Gasteiger partial charge in [0.25, 0.3) is 5.91 Å². The average molecular weight is 465 g/mol. The molecule has 1 saturated heterocycles. The van der Waals surface area contributed by atoms with Gasteiger partial charge >= 0.3 is 0 Å². The van der Waals surface area contributed by atoms with Crippen molar-refractivity contribution >= 4 is 44.5 Å². The van der Waals surface area contributed by atoms with Crippen molar-refractivity contribution in [1.29, 1.82) is 0 Å². The third-order valence-corrected chi connectivity index (χ3v) is 9.90. The molecule has 0 radical (unpaired) electrons. The molecule has 1 aliphatic heterocycles. The largest absolute Gasteiger partial charge is 0.338 e. The van der Waals surface area contributed by atoms with Crippen molar-refractivity contribution in [3.8, 4) is 0 Å². The highest BCUT2D eigenvalue weighted by molar-refractivity contribution is 7.92. The second kappa shape index (κ2) is 7.88. The van der Waals surface area contributed by atoms with E-state index in [-0.39, 0.29) is 11.3 Å². The number of allylic oxidation sites excluding steroid dienone is 1. The lowest BCUT2D eigenvalue weighted by Gasteiger charge is -2.31. The molecule has 2 aromatic heterocycles. The predicted octanol–water partition coefficient (Wildman–Crippen LogP) is 4.88. The van der Waals surface area contributed by atoms with Gasteiger partial charge < -0.3 is 4.90 Å². The summed E-state index contributed by atoms with van der Waals surface area (Å²) < 4.78 is 24.8. The monoisotopic (exact) mass is 464 g/mol. The summed E-state index contributed by atoms with van der Waals surface area (Å²) in [4.78, 5) is 20.7. The number of hydrogen-bond acceptors (Lipinski definition) is 6. The van der Waals surface area contributed by atoms with Crippen LogP contribution in [-0.4, -0.2) is 43.6 Å². The Labute approximate surface area is 186 Å². The van der Waals surface area contributed by atoms with Crippen molar-refractivity contribution in [1.82, 2.24) is 9.88 Å². The summed E-state index contributed by atoms with van der Waals surface area (Å²) in [6.07, 6.45) is 8.44. The predicted molar refractivity (Wildman–Crippen MR) is 123 cm³/mol. The number of thiophene rings is 1. The van der Waals surface area contributed by atoms with Gasteiger partial charge in [0.05, 0.1) is 15.6 Å². The second-order valence-corrected chi connectivity index (χ2v) is 13.3. The van der Waals surface area contributed by atoms with Crippen LogP contribution in [0.2, 0.25) is 0 Å². The summed E-state index contributed by atoms with van der Waals surface area (Å²) in [5, 5.41) is 3.33. The Morgan fingerprint density at radius 1 is 1.23 bits per heavy atom. The summed E-state index contributed by atoms with van der Waals surface area (Å²) in [6.45, 7) is 7.90. The van der Waals surface area contributed by atoms with E-state index in [1.807, 2.05) is 17.1 Å². The van der Waals surface area contributed by atoms with Crippen LogP contribution in [0.15, 0.2) is 15.7 Å². The molecule has 0 N–H and O–H groups in total. The maximum atomic E-state index is 13.3. The Morgan fingerprint density at radius 2 is 1.93 bits per heavy atom. The molecule has 0 spiro atoms. The summed E-state index contributed by atoms with van der Waals surface area (Å²) in [5.41, 5.74) is 2.82. The molecule has 3 heterocycles. The molecule has 5 nitrogen and oxygen atoms in total. The van der Waals surface area contributed by atoms with Crippen LogP contribution in [0.25, 0.3) is 6.08 Å². The summed E-state index contributed by atoms with van der Waals surface area (Å²) in [5.74, 6) is 0.372. The number of sulfone groups is 1. The van der Waals surface area contributed by atoms with Gasteiger partial charge in [-0.25, -0.2) is 13.4 Å². The molecule has 0 bridgehead atoms. The zero-order valence-corrected chi connectivity index (χ0v) is 20.3. The number of thiazole rings is 1. The van der Waals surface area contributed by atoms with E-state index in [1.165, 1.54) is 11.3 Å². The molecule has 8 heteroatoms. The molecule has 1 amide bonds. The van der Waals surface area contributed by atoms with Gasteiger partial charge in [0.15, 0.2) is 9.84 Å². The van der Waals surface area contributed by atoms with Crippen LogP contribution < -0.4 is 0 Å². The Balaban J connectivity index is 1.51. The average Bonchev–Trinajstić information content (AvgIpc) is 3.32. The van der Waals surface area contributed by atoms with Gasteiger partial charge in [-0.3, -0.25) is 4.79 Å². The molecular formula is C22H28N2O3S3. The first-order valence-electron chi connectivity index (χ1n) is 10.3. The highest BCUT2D eigenvalue weighted by atomic mass is 32.2. The Morgan fingerprint density at radius 3 is 2.53 bits per heavy atom. The van der Waals surface area contributed by atoms with Crippen molar-refractivity contribution in [3.63, 3.8) is 0 Å². The lowest BCUT2D eigenvalue weighted by molar-refractivity contribution is 0.0716. The SMILES string of the molecule is CC(C)(C)c1csc(C2CCN(C(=O)c3sc(S(C)(=O)=O)c4c3CCC=C4)CC2)n1. The van der Waals surface area contributed by atoms with Crippen molar-refractivity contribution in [2.75, 3.05) is 19.3 Å². The minimum atomic E-state index is -3.35. The molecule has 1 fully saturated rings. The fourth-order valence-corrected chi connectivity index (χ4v) is 7.74. The molecule has 4 rings (SSSR count). The number of hydrogen-bond donors (Lipinski definition) is 0. The van der Waals surface area contributed by atoms with Crippen molar-refractivity contribution in [2.24, 2.45) is 0 Å². The Bertz CT molecular complexity index is 1100. The van der Waals surface area contributed by atoms with Crippen molar-refractivity contribution in [3.05, 3.63) is 38.2 Å². The minimum absolute atomic E-state index is 0.0191. The van der Waals surface area contributed by atoms with E-state index in [4.69, 9.17) is 4.98 Å². The van der Waals surface area contributed by atoms with Gasteiger partial charge in [0, 0.05) is 41.6 Å². The van der Waals surface area contributed by atoms with E-state index in [9.17, 15) is 13.2 Å². The van der Waals surface area contributed by atoms with Gasteiger partial charge in [-0.05, 0) is 31.2 Å². The van der Waals surface area contributed by atoms with Gasteiger partial charge in [-0.1, -0.05) is 32.9 Å². The Hall–Kier alpha value is -1.51. The molecule has 1 aliphatic carbocycles. The van der Waals surface area contributed by atoms with Crippen LogP contribution in [0, 0.1) is 0 Å². The van der Waals surface area contributed by atoms with Crippen LogP contribution in [0.5, 0.6) is 0 Å². The van der Waals surface area contributed by atoms with Crippen LogP contribution >= 0.6 is 22.7 Å². The molecule has 0 atom stereocenters. The molecule has 0 unspecified atom stereocenters.